The first-order chi connectivity index (χ1) is 12.6. The van der Waals surface area contributed by atoms with Crippen LogP contribution < -0.4 is 10.5 Å². The number of anilines is 1. The number of pyridine rings is 2. The van der Waals surface area contributed by atoms with Crippen LogP contribution in [0.2, 0.25) is 5.02 Å². The van der Waals surface area contributed by atoms with E-state index in [1.54, 1.807) is 23.2 Å². The van der Waals surface area contributed by atoms with E-state index >= 15 is 0 Å². The molecule has 1 aliphatic rings. The van der Waals surface area contributed by atoms with E-state index < -0.39 is 0 Å². The average Bonchev–Trinajstić information content (AvgIpc) is 3.33. The molecule has 26 heavy (non-hydrogen) atoms. The van der Waals surface area contributed by atoms with Gasteiger partial charge in [-0.15, -0.1) is 0 Å². The molecule has 4 heterocycles. The fourth-order valence-electron chi connectivity index (χ4n) is 3.32. The van der Waals surface area contributed by atoms with Crippen molar-refractivity contribution in [3.05, 3.63) is 64.7 Å². The topological polar surface area (TPSA) is 56.0 Å². The summed E-state index contributed by atoms with van der Waals surface area (Å²) >= 11 is 5.88. The molecule has 0 aromatic carbocycles. The smallest absolute Gasteiger partial charge is 0.253 e. The second-order valence-corrected chi connectivity index (χ2v) is 6.99. The third kappa shape index (κ3) is 3.24. The Kier molecular flexibility index (Phi) is 4.51. The summed E-state index contributed by atoms with van der Waals surface area (Å²) in [6, 6.07) is 5.25. The summed E-state index contributed by atoms with van der Waals surface area (Å²) in [6.45, 7) is 4.10. The Morgan fingerprint density at radius 2 is 2.00 bits per heavy atom. The molecule has 0 amide bonds. The second-order valence-electron chi connectivity index (χ2n) is 6.55. The van der Waals surface area contributed by atoms with E-state index in [4.69, 9.17) is 11.6 Å². The van der Waals surface area contributed by atoms with Gasteiger partial charge in [0.15, 0.2) is 0 Å². The van der Waals surface area contributed by atoms with E-state index in [9.17, 15) is 4.79 Å². The van der Waals surface area contributed by atoms with E-state index in [-0.39, 0.29) is 11.7 Å². The van der Waals surface area contributed by atoms with Gasteiger partial charge in [-0.3, -0.25) is 14.3 Å². The Morgan fingerprint density at radius 1 is 1.19 bits per heavy atom. The summed E-state index contributed by atoms with van der Waals surface area (Å²) in [5.41, 5.74) is 2.81. The zero-order chi connectivity index (χ0) is 18.1. The number of halogens is 1. The minimum Gasteiger partial charge on any atom is -0.370 e. The lowest BCUT2D eigenvalue weighted by Gasteiger charge is -2.17. The molecule has 6 nitrogen and oxygen atoms in total. The average molecular weight is 370 g/mol. The molecule has 1 fully saturated rings. The van der Waals surface area contributed by atoms with Crippen LogP contribution in [-0.2, 0) is 0 Å². The fourth-order valence-corrected chi connectivity index (χ4v) is 3.47. The summed E-state index contributed by atoms with van der Waals surface area (Å²) in [5.74, 6) is 0. The van der Waals surface area contributed by atoms with Gasteiger partial charge in [-0.25, -0.2) is 4.98 Å². The van der Waals surface area contributed by atoms with Gasteiger partial charge in [-0.2, -0.15) is 0 Å². The molecule has 7 heteroatoms. The Morgan fingerprint density at radius 3 is 2.77 bits per heavy atom. The van der Waals surface area contributed by atoms with Gasteiger partial charge in [0, 0.05) is 48.3 Å². The van der Waals surface area contributed by atoms with Crippen LogP contribution in [0.3, 0.4) is 0 Å². The van der Waals surface area contributed by atoms with E-state index in [2.05, 4.69) is 20.9 Å². The van der Waals surface area contributed by atoms with Gasteiger partial charge in [0.05, 0.1) is 23.9 Å². The molecule has 3 aromatic heterocycles. The van der Waals surface area contributed by atoms with Gasteiger partial charge in [-0.05, 0) is 31.9 Å². The molecule has 1 aliphatic heterocycles. The third-order valence-electron chi connectivity index (χ3n) is 4.84. The molecule has 134 valence electrons. The van der Waals surface area contributed by atoms with Crippen molar-refractivity contribution in [2.24, 2.45) is 0 Å². The van der Waals surface area contributed by atoms with E-state index in [1.807, 2.05) is 30.1 Å². The van der Waals surface area contributed by atoms with Crippen LogP contribution in [0, 0.1) is 0 Å². The quantitative estimate of drug-likeness (QED) is 0.707. The number of nitrogens with zero attached hydrogens (tertiary/aromatic N) is 5. The van der Waals surface area contributed by atoms with Crippen molar-refractivity contribution in [1.29, 1.82) is 0 Å². The predicted octanol–water partition coefficient (Wildman–Crippen LogP) is 3.43. The molecular formula is C19H20ClN5O. The highest BCUT2D eigenvalue weighted by molar-refractivity contribution is 6.30. The minimum absolute atomic E-state index is 0.141. The molecule has 4 rings (SSSR count). The van der Waals surface area contributed by atoms with Crippen molar-refractivity contribution in [2.75, 3.05) is 18.0 Å². The first-order valence-electron chi connectivity index (χ1n) is 8.73. The van der Waals surface area contributed by atoms with Crippen LogP contribution >= 0.6 is 11.6 Å². The maximum atomic E-state index is 12.2. The minimum atomic E-state index is -0.198. The molecule has 1 unspecified atom stereocenters. The zero-order valence-corrected chi connectivity index (χ0v) is 15.3. The molecular weight excluding hydrogens is 350 g/mol. The Balaban J connectivity index is 1.61. The summed E-state index contributed by atoms with van der Waals surface area (Å²) in [4.78, 5) is 23.4. The molecule has 0 aliphatic carbocycles. The van der Waals surface area contributed by atoms with Crippen LogP contribution in [0.25, 0.3) is 11.3 Å². The summed E-state index contributed by atoms with van der Waals surface area (Å²) < 4.78 is 3.53. The molecule has 3 aromatic rings. The van der Waals surface area contributed by atoms with Crippen molar-refractivity contribution < 1.29 is 0 Å². The van der Waals surface area contributed by atoms with Crippen molar-refractivity contribution in [2.45, 2.75) is 25.9 Å². The highest BCUT2D eigenvalue weighted by Crippen LogP contribution is 2.25. The van der Waals surface area contributed by atoms with Crippen molar-refractivity contribution in [1.82, 2.24) is 19.1 Å². The van der Waals surface area contributed by atoms with Crippen LogP contribution in [0.4, 0.5) is 5.69 Å². The molecule has 0 N–H and O–H groups in total. The third-order valence-corrected chi connectivity index (χ3v) is 5.07. The molecule has 0 bridgehead atoms. The van der Waals surface area contributed by atoms with E-state index in [0.717, 1.165) is 30.0 Å². The monoisotopic (exact) mass is 369 g/mol. The van der Waals surface area contributed by atoms with Gasteiger partial charge >= 0.3 is 0 Å². The summed E-state index contributed by atoms with van der Waals surface area (Å²) in [5, 5.41) is 0.439. The normalized spacial score (nSPS) is 15.4. The Hall–Kier alpha value is -2.60. The maximum Gasteiger partial charge on any atom is 0.253 e. The molecule has 0 saturated carbocycles. The lowest BCUT2D eigenvalue weighted by atomic mass is 10.2. The fraction of sp³-hybridized carbons (Fsp3) is 0.316. The zero-order valence-electron chi connectivity index (χ0n) is 14.5. The summed E-state index contributed by atoms with van der Waals surface area (Å²) in [7, 11) is 0. The van der Waals surface area contributed by atoms with E-state index in [0.29, 0.717) is 5.02 Å². The number of aromatic nitrogens is 4. The van der Waals surface area contributed by atoms with Gasteiger partial charge in [0.25, 0.3) is 5.56 Å². The number of imidazole rings is 1. The Bertz CT molecular complexity index is 974. The van der Waals surface area contributed by atoms with Gasteiger partial charge in [0.1, 0.15) is 6.17 Å². The van der Waals surface area contributed by atoms with Crippen LogP contribution in [-0.4, -0.2) is 32.2 Å². The van der Waals surface area contributed by atoms with Gasteiger partial charge < -0.3 is 9.47 Å². The van der Waals surface area contributed by atoms with Crippen LogP contribution in [0.15, 0.2) is 54.1 Å². The van der Waals surface area contributed by atoms with Crippen molar-refractivity contribution >= 4 is 17.3 Å². The molecule has 0 radical (unpaired) electrons. The first kappa shape index (κ1) is 16.8. The second kappa shape index (κ2) is 6.96. The number of hydrogen-bond acceptors (Lipinski definition) is 4. The van der Waals surface area contributed by atoms with Crippen molar-refractivity contribution in [3.63, 3.8) is 0 Å². The number of hydrogen-bond donors (Lipinski definition) is 0. The largest absolute Gasteiger partial charge is 0.370 e. The van der Waals surface area contributed by atoms with Crippen LogP contribution in [0.5, 0.6) is 0 Å². The predicted molar refractivity (Wildman–Crippen MR) is 103 cm³/mol. The molecule has 0 spiro atoms. The van der Waals surface area contributed by atoms with Gasteiger partial charge in [-0.1, -0.05) is 11.6 Å². The highest BCUT2D eigenvalue weighted by atomic mass is 35.5. The van der Waals surface area contributed by atoms with Gasteiger partial charge in [0.2, 0.25) is 0 Å². The van der Waals surface area contributed by atoms with Crippen molar-refractivity contribution in [3.8, 4) is 11.3 Å². The molecule has 1 saturated heterocycles. The Labute approximate surface area is 156 Å². The highest BCUT2D eigenvalue weighted by Gasteiger charge is 2.15. The molecule has 1 atom stereocenters. The standard InChI is InChI=1S/C19H20ClN5O/c1-14(25-7-4-16(20)9-19(25)26)24-12-18(22-13-24)15-8-17(11-21-10-15)23-5-2-3-6-23/h4,7-14H,2-3,5-6H2,1H3. The van der Waals surface area contributed by atoms with Crippen LogP contribution in [0.1, 0.15) is 25.9 Å². The number of rotatable bonds is 4. The SMILES string of the molecule is CC(n1cnc(-c2cncc(N3CCCC3)c2)c1)n1ccc(Cl)cc1=O. The lowest BCUT2D eigenvalue weighted by molar-refractivity contribution is 0.456. The first-order valence-corrected chi connectivity index (χ1v) is 9.11. The lowest BCUT2D eigenvalue weighted by Crippen LogP contribution is -2.25. The summed E-state index contributed by atoms with van der Waals surface area (Å²) in [6.07, 6.45) is 11.4. The maximum absolute atomic E-state index is 12.2. The van der Waals surface area contributed by atoms with E-state index in [1.165, 1.54) is 18.9 Å².